The minimum absolute atomic E-state index is 0.0729. The first-order valence-corrected chi connectivity index (χ1v) is 6.95. The van der Waals surface area contributed by atoms with Crippen molar-refractivity contribution >= 4 is 0 Å². The lowest BCUT2D eigenvalue weighted by Gasteiger charge is -2.35. The Morgan fingerprint density at radius 3 is 2.58 bits per heavy atom. The summed E-state index contributed by atoms with van der Waals surface area (Å²) >= 11 is 0. The van der Waals surface area contributed by atoms with Crippen LogP contribution in [0.15, 0.2) is 18.3 Å². The van der Waals surface area contributed by atoms with Crippen molar-refractivity contribution < 1.29 is 4.39 Å². The van der Waals surface area contributed by atoms with Gasteiger partial charge in [-0.15, -0.1) is 0 Å². The number of nitrogens with zero attached hydrogens (tertiary/aromatic N) is 2. The van der Waals surface area contributed by atoms with E-state index in [-0.39, 0.29) is 17.3 Å². The lowest BCUT2D eigenvalue weighted by Crippen LogP contribution is -2.40. The van der Waals surface area contributed by atoms with Gasteiger partial charge < -0.3 is 5.73 Å². The molecule has 0 aliphatic carbocycles. The van der Waals surface area contributed by atoms with Crippen LogP contribution in [0, 0.1) is 11.2 Å². The molecule has 4 heteroatoms. The lowest BCUT2D eigenvalue weighted by molar-refractivity contribution is 0.138. The van der Waals surface area contributed by atoms with Crippen LogP contribution in [-0.2, 0) is 0 Å². The fourth-order valence-electron chi connectivity index (χ4n) is 2.13. The van der Waals surface area contributed by atoms with Crippen LogP contribution in [0.5, 0.6) is 0 Å². The van der Waals surface area contributed by atoms with E-state index in [0.717, 1.165) is 25.2 Å². The molecule has 1 aromatic rings. The van der Waals surface area contributed by atoms with Gasteiger partial charge in [-0.3, -0.25) is 9.88 Å². The fourth-order valence-corrected chi connectivity index (χ4v) is 2.13. The predicted molar refractivity (Wildman–Crippen MR) is 77.3 cm³/mol. The maximum Gasteiger partial charge on any atom is 0.141 e. The SMILES string of the molecule is CCCN(CC(C)(C)CN)C(C)c1ccc(F)cn1. The molecule has 0 saturated heterocycles. The Bertz CT molecular complexity index is 375. The van der Waals surface area contributed by atoms with Crippen LogP contribution in [-0.4, -0.2) is 29.5 Å². The summed E-state index contributed by atoms with van der Waals surface area (Å²) in [5.41, 5.74) is 6.80. The van der Waals surface area contributed by atoms with Gasteiger partial charge in [-0.05, 0) is 44.0 Å². The van der Waals surface area contributed by atoms with E-state index in [9.17, 15) is 4.39 Å². The van der Waals surface area contributed by atoms with Gasteiger partial charge in [0.25, 0.3) is 0 Å². The number of hydrogen-bond donors (Lipinski definition) is 1. The summed E-state index contributed by atoms with van der Waals surface area (Å²) in [7, 11) is 0. The van der Waals surface area contributed by atoms with Crippen molar-refractivity contribution in [3.05, 3.63) is 29.8 Å². The van der Waals surface area contributed by atoms with E-state index in [1.54, 1.807) is 6.07 Å². The van der Waals surface area contributed by atoms with Gasteiger partial charge in [0.05, 0.1) is 11.9 Å². The highest BCUT2D eigenvalue weighted by atomic mass is 19.1. The molecule has 0 aliphatic rings. The van der Waals surface area contributed by atoms with Crippen molar-refractivity contribution in [1.29, 1.82) is 0 Å². The molecule has 0 bridgehead atoms. The third-order valence-corrected chi connectivity index (χ3v) is 3.42. The Balaban J connectivity index is 2.83. The molecule has 1 aromatic heterocycles. The summed E-state index contributed by atoms with van der Waals surface area (Å²) < 4.78 is 12.9. The molecule has 1 unspecified atom stereocenters. The molecule has 0 saturated carbocycles. The van der Waals surface area contributed by atoms with E-state index in [2.05, 4.69) is 37.6 Å². The highest BCUT2D eigenvalue weighted by Gasteiger charge is 2.24. The first kappa shape index (κ1) is 16.1. The highest BCUT2D eigenvalue weighted by Crippen LogP contribution is 2.24. The number of aromatic nitrogens is 1. The number of pyridine rings is 1. The van der Waals surface area contributed by atoms with Crippen LogP contribution in [0.4, 0.5) is 4.39 Å². The van der Waals surface area contributed by atoms with Crippen molar-refractivity contribution in [1.82, 2.24) is 9.88 Å². The Labute approximate surface area is 116 Å². The van der Waals surface area contributed by atoms with Gasteiger partial charge in [0.1, 0.15) is 5.82 Å². The molecular weight excluding hydrogens is 241 g/mol. The normalized spacial score (nSPS) is 13.8. The van der Waals surface area contributed by atoms with Gasteiger partial charge in [-0.25, -0.2) is 4.39 Å². The molecule has 1 atom stereocenters. The lowest BCUT2D eigenvalue weighted by atomic mass is 9.92. The first-order chi connectivity index (χ1) is 8.89. The van der Waals surface area contributed by atoms with Gasteiger partial charge in [0.15, 0.2) is 0 Å². The number of halogens is 1. The maximum absolute atomic E-state index is 12.9. The Morgan fingerprint density at radius 1 is 1.42 bits per heavy atom. The number of rotatable bonds is 7. The molecule has 0 aromatic carbocycles. The molecule has 0 fully saturated rings. The average molecular weight is 267 g/mol. The molecule has 0 radical (unpaired) electrons. The topological polar surface area (TPSA) is 42.1 Å². The van der Waals surface area contributed by atoms with E-state index >= 15 is 0 Å². The van der Waals surface area contributed by atoms with Crippen molar-refractivity contribution in [3.63, 3.8) is 0 Å². The largest absolute Gasteiger partial charge is 0.330 e. The summed E-state index contributed by atoms with van der Waals surface area (Å²) in [6.07, 6.45) is 2.36. The minimum atomic E-state index is -0.291. The van der Waals surface area contributed by atoms with Gasteiger partial charge in [0, 0.05) is 12.6 Å². The third-order valence-electron chi connectivity index (χ3n) is 3.42. The van der Waals surface area contributed by atoms with E-state index < -0.39 is 0 Å². The maximum atomic E-state index is 12.9. The van der Waals surface area contributed by atoms with Crippen molar-refractivity contribution in [2.75, 3.05) is 19.6 Å². The summed E-state index contributed by atoms with van der Waals surface area (Å²) in [4.78, 5) is 6.56. The summed E-state index contributed by atoms with van der Waals surface area (Å²) in [6, 6.07) is 3.40. The molecule has 0 spiro atoms. The van der Waals surface area contributed by atoms with Gasteiger partial charge >= 0.3 is 0 Å². The molecule has 19 heavy (non-hydrogen) atoms. The van der Waals surface area contributed by atoms with Gasteiger partial charge in [-0.1, -0.05) is 20.8 Å². The van der Waals surface area contributed by atoms with Gasteiger partial charge in [-0.2, -0.15) is 0 Å². The number of nitrogens with two attached hydrogens (primary N) is 1. The zero-order valence-electron chi connectivity index (χ0n) is 12.5. The monoisotopic (exact) mass is 267 g/mol. The fraction of sp³-hybridized carbons (Fsp3) is 0.667. The Kier molecular flexibility index (Phi) is 5.88. The molecule has 108 valence electrons. The molecule has 0 amide bonds. The quantitative estimate of drug-likeness (QED) is 0.826. The van der Waals surface area contributed by atoms with E-state index in [0.29, 0.717) is 6.54 Å². The van der Waals surface area contributed by atoms with E-state index in [4.69, 9.17) is 5.73 Å². The molecule has 0 aliphatic heterocycles. The molecule has 2 N–H and O–H groups in total. The van der Waals surface area contributed by atoms with Crippen LogP contribution < -0.4 is 5.73 Å². The molecule has 3 nitrogen and oxygen atoms in total. The van der Waals surface area contributed by atoms with Crippen LogP contribution in [0.1, 0.15) is 45.9 Å². The highest BCUT2D eigenvalue weighted by molar-refractivity contribution is 5.09. The van der Waals surface area contributed by atoms with E-state index in [1.165, 1.54) is 12.3 Å². The number of hydrogen-bond acceptors (Lipinski definition) is 3. The van der Waals surface area contributed by atoms with Crippen LogP contribution in [0.25, 0.3) is 0 Å². The second-order valence-electron chi connectivity index (χ2n) is 5.92. The van der Waals surface area contributed by atoms with Crippen molar-refractivity contribution in [2.45, 2.75) is 40.2 Å². The summed E-state index contributed by atoms with van der Waals surface area (Å²) in [5.74, 6) is -0.291. The second-order valence-corrected chi connectivity index (χ2v) is 5.92. The average Bonchev–Trinajstić information content (AvgIpc) is 2.38. The molecule has 1 heterocycles. The smallest absolute Gasteiger partial charge is 0.141 e. The molecular formula is C15H26FN3. The first-order valence-electron chi connectivity index (χ1n) is 6.95. The van der Waals surface area contributed by atoms with Crippen molar-refractivity contribution in [2.24, 2.45) is 11.1 Å². The van der Waals surface area contributed by atoms with Crippen LogP contribution in [0.2, 0.25) is 0 Å². The summed E-state index contributed by atoms with van der Waals surface area (Å²) in [6.45, 7) is 11.2. The third kappa shape index (κ3) is 4.88. The standard InChI is InChI=1S/C15H26FN3/c1-5-8-19(11-15(3,4)10-17)12(2)14-7-6-13(16)9-18-14/h6-7,9,12H,5,8,10-11,17H2,1-4H3. The van der Waals surface area contributed by atoms with Crippen LogP contribution in [0.3, 0.4) is 0 Å². The van der Waals surface area contributed by atoms with Crippen LogP contribution >= 0.6 is 0 Å². The Morgan fingerprint density at radius 2 is 2.11 bits per heavy atom. The van der Waals surface area contributed by atoms with Crippen molar-refractivity contribution in [3.8, 4) is 0 Å². The van der Waals surface area contributed by atoms with Gasteiger partial charge in [0.2, 0.25) is 0 Å². The zero-order chi connectivity index (χ0) is 14.5. The van der Waals surface area contributed by atoms with E-state index in [1.807, 2.05) is 0 Å². The Hall–Kier alpha value is -1.00. The predicted octanol–water partition coefficient (Wildman–Crippen LogP) is 2.98. The summed E-state index contributed by atoms with van der Waals surface area (Å²) in [5, 5.41) is 0. The molecule has 1 rings (SSSR count). The zero-order valence-corrected chi connectivity index (χ0v) is 12.5. The second kappa shape index (κ2) is 6.96. The minimum Gasteiger partial charge on any atom is -0.330 e.